The molecule has 25 heavy (non-hydrogen) atoms. The lowest BCUT2D eigenvalue weighted by Gasteiger charge is -2.35. The summed E-state index contributed by atoms with van der Waals surface area (Å²) in [4.78, 5) is 21.2. The van der Waals surface area contributed by atoms with Gasteiger partial charge in [-0.1, -0.05) is 18.2 Å². The van der Waals surface area contributed by atoms with Gasteiger partial charge in [0.15, 0.2) is 0 Å². The summed E-state index contributed by atoms with van der Waals surface area (Å²) >= 11 is 0. The predicted octanol–water partition coefficient (Wildman–Crippen LogP) is 2.69. The first-order valence-corrected chi connectivity index (χ1v) is 9.06. The maximum absolute atomic E-state index is 11.8. The molecular formula is C20H25N3O2. The Morgan fingerprint density at radius 2 is 2.08 bits per heavy atom. The van der Waals surface area contributed by atoms with Crippen LogP contribution in [0, 0.1) is 5.92 Å². The van der Waals surface area contributed by atoms with Crippen molar-refractivity contribution in [3.63, 3.8) is 0 Å². The van der Waals surface area contributed by atoms with E-state index in [1.54, 1.807) is 14.0 Å². The number of para-hydroxylation sites is 1. The van der Waals surface area contributed by atoms with Gasteiger partial charge in [-0.15, -0.1) is 0 Å². The zero-order chi connectivity index (χ0) is 17.4. The molecule has 3 saturated heterocycles. The van der Waals surface area contributed by atoms with Crippen molar-refractivity contribution in [2.24, 2.45) is 5.92 Å². The van der Waals surface area contributed by atoms with E-state index >= 15 is 0 Å². The smallest absolute Gasteiger partial charge is 0.219 e. The largest absolute Gasteiger partial charge is 0.494 e. The van der Waals surface area contributed by atoms with Gasteiger partial charge in [-0.3, -0.25) is 9.69 Å². The standard InChI is InChI=1S/C20H25N3O2/c1-14(24)22-10-15-6-9-18(13-22)23(11-15)12-17-8-7-16-4-3-5-19(25-2)20(16)21-17/h3-5,7-8,15,18H,6,9-13H2,1-2H3/t15-,18+/m1/s1. The Hall–Kier alpha value is -2.14. The van der Waals surface area contributed by atoms with Gasteiger partial charge in [-0.05, 0) is 30.9 Å². The van der Waals surface area contributed by atoms with Gasteiger partial charge in [0.2, 0.25) is 5.91 Å². The molecule has 3 aliphatic rings. The molecule has 0 saturated carbocycles. The minimum absolute atomic E-state index is 0.201. The van der Waals surface area contributed by atoms with Crippen molar-refractivity contribution in [3.05, 3.63) is 36.0 Å². The van der Waals surface area contributed by atoms with Crippen LogP contribution in [-0.2, 0) is 11.3 Å². The van der Waals surface area contributed by atoms with Crippen LogP contribution in [0.5, 0.6) is 5.75 Å². The van der Waals surface area contributed by atoms with Crippen LogP contribution >= 0.6 is 0 Å². The molecule has 2 bridgehead atoms. The molecular weight excluding hydrogens is 314 g/mol. The molecule has 5 rings (SSSR count). The number of hydrogen-bond donors (Lipinski definition) is 0. The van der Waals surface area contributed by atoms with Gasteiger partial charge < -0.3 is 9.64 Å². The fourth-order valence-corrected chi connectivity index (χ4v) is 4.25. The minimum atomic E-state index is 0.201. The van der Waals surface area contributed by atoms with Crippen molar-refractivity contribution in [2.45, 2.75) is 32.4 Å². The van der Waals surface area contributed by atoms with Crippen molar-refractivity contribution >= 4 is 16.8 Å². The number of ether oxygens (including phenoxy) is 1. The van der Waals surface area contributed by atoms with E-state index < -0.39 is 0 Å². The Labute approximate surface area is 148 Å². The van der Waals surface area contributed by atoms with Crippen molar-refractivity contribution in [2.75, 3.05) is 26.7 Å². The lowest BCUT2D eigenvalue weighted by atomic mass is 9.95. The van der Waals surface area contributed by atoms with Crippen molar-refractivity contribution in [1.29, 1.82) is 0 Å². The zero-order valence-electron chi connectivity index (χ0n) is 14.9. The first kappa shape index (κ1) is 16.3. The molecule has 0 unspecified atom stereocenters. The first-order chi connectivity index (χ1) is 12.1. The fourth-order valence-electron chi connectivity index (χ4n) is 4.25. The van der Waals surface area contributed by atoms with E-state index in [-0.39, 0.29) is 5.91 Å². The lowest BCUT2D eigenvalue weighted by molar-refractivity contribution is -0.129. The molecule has 0 N–H and O–H groups in total. The number of fused-ring (bicyclic) bond motifs is 5. The Balaban J connectivity index is 1.58. The molecule has 1 aromatic carbocycles. The van der Waals surface area contributed by atoms with E-state index in [1.807, 2.05) is 17.0 Å². The maximum atomic E-state index is 11.8. The van der Waals surface area contributed by atoms with Crippen LogP contribution in [0.15, 0.2) is 30.3 Å². The van der Waals surface area contributed by atoms with Gasteiger partial charge >= 0.3 is 0 Å². The summed E-state index contributed by atoms with van der Waals surface area (Å²) in [6.45, 7) is 5.33. The zero-order valence-corrected chi connectivity index (χ0v) is 14.9. The normalized spacial score (nSPS) is 23.7. The highest BCUT2D eigenvalue weighted by molar-refractivity contribution is 5.84. The number of methoxy groups -OCH3 is 1. The van der Waals surface area contributed by atoms with Crippen molar-refractivity contribution in [3.8, 4) is 5.75 Å². The molecule has 2 aromatic rings. The second kappa shape index (κ2) is 6.64. The summed E-state index contributed by atoms with van der Waals surface area (Å²) in [5, 5.41) is 1.10. The summed E-state index contributed by atoms with van der Waals surface area (Å²) < 4.78 is 5.46. The maximum Gasteiger partial charge on any atom is 0.219 e. The summed E-state index contributed by atoms with van der Waals surface area (Å²) in [6.07, 6.45) is 2.40. The quantitative estimate of drug-likeness (QED) is 0.862. The van der Waals surface area contributed by atoms with Gasteiger partial charge in [0.05, 0.1) is 12.8 Å². The Bertz CT molecular complexity index is 792. The van der Waals surface area contributed by atoms with Crippen LogP contribution < -0.4 is 4.74 Å². The second-order valence-electron chi connectivity index (χ2n) is 7.29. The van der Waals surface area contributed by atoms with Gasteiger partial charge in [-0.2, -0.15) is 0 Å². The Morgan fingerprint density at radius 1 is 1.20 bits per heavy atom. The SMILES string of the molecule is COc1cccc2ccc(CN3C[C@@H]4CC[C@H]3CN(C(C)=O)C4)nc12. The molecule has 3 fully saturated rings. The number of aromatic nitrogens is 1. The average Bonchev–Trinajstić information content (AvgIpc) is 2.93. The number of nitrogens with zero attached hydrogens (tertiary/aromatic N) is 3. The topological polar surface area (TPSA) is 45.7 Å². The van der Waals surface area contributed by atoms with Crippen LogP contribution in [0.3, 0.4) is 0 Å². The van der Waals surface area contributed by atoms with E-state index in [2.05, 4.69) is 23.1 Å². The number of benzene rings is 1. The van der Waals surface area contributed by atoms with Crippen LogP contribution in [0.1, 0.15) is 25.5 Å². The van der Waals surface area contributed by atoms with E-state index in [0.717, 1.165) is 48.5 Å². The highest BCUT2D eigenvalue weighted by Crippen LogP contribution is 2.30. The van der Waals surface area contributed by atoms with Gasteiger partial charge in [-0.25, -0.2) is 4.98 Å². The third kappa shape index (κ3) is 3.21. The lowest BCUT2D eigenvalue weighted by Crippen LogP contribution is -2.43. The number of carbonyl (C=O) groups is 1. The summed E-state index contributed by atoms with van der Waals surface area (Å²) in [6, 6.07) is 10.7. The fraction of sp³-hybridized carbons (Fsp3) is 0.500. The predicted molar refractivity (Wildman–Crippen MR) is 97.5 cm³/mol. The van der Waals surface area contributed by atoms with Crippen LogP contribution in [0.2, 0.25) is 0 Å². The third-order valence-electron chi connectivity index (χ3n) is 5.60. The Kier molecular flexibility index (Phi) is 4.34. The molecule has 1 aromatic heterocycles. The highest BCUT2D eigenvalue weighted by atomic mass is 16.5. The molecule has 5 heteroatoms. The van der Waals surface area contributed by atoms with E-state index in [0.29, 0.717) is 12.0 Å². The summed E-state index contributed by atoms with van der Waals surface area (Å²) in [5.41, 5.74) is 1.99. The second-order valence-corrected chi connectivity index (χ2v) is 7.29. The average molecular weight is 339 g/mol. The number of piperidine rings is 1. The molecule has 5 nitrogen and oxygen atoms in total. The molecule has 0 spiro atoms. The van der Waals surface area contributed by atoms with Crippen molar-refractivity contribution in [1.82, 2.24) is 14.8 Å². The van der Waals surface area contributed by atoms with Crippen molar-refractivity contribution < 1.29 is 9.53 Å². The number of pyridine rings is 1. The van der Waals surface area contributed by atoms with Crippen LogP contribution in [0.4, 0.5) is 0 Å². The molecule has 0 radical (unpaired) electrons. The van der Waals surface area contributed by atoms with E-state index in [1.165, 1.54) is 12.8 Å². The summed E-state index contributed by atoms with van der Waals surface area (Å²) in [5.74, 6) is 1.60. The van der Waals surface area contributed by atoms with Gasteiger partial charge in [0, 0.05) is 44.5 Å². The van der Waals surface area contributed by atoms with Gasteiger partial charge in [0.25, 0.3) is 0 Å². The molecule has 132 valence electrons. The monoisotopic (exact) mass is 339 g/mol. The first-order valence-electron chi connectivity index (χ1n) is 9.06. The molecule has 1 amide bonds. The van der Waals surface area contributed by atoms with E-state index in [4.69, 9.17) is 9.72 Å². The van der Waals surface area contributed by atoms with Crippen LogP contribution in [0.25, 0.3) is 10.9 Å². The number of rotatable bonds is 3. The van der Waals surface area contributed by atoms with E-state index in [9.17, 15) is 4.79 Å². The highest BCUT2D eigenvalue weighted by Gasteiger charge is 2.35. The molecule has 4 heterocycles. The summed E-state index contributed by atoms with van der Waals surface area (Å²) in [7, 11) is 1.69. The Morgan fingerprint density at radius 3 is 2.88 bits per heavy atom. The molecule has 0 aliphatic carbocycles. The van der Waals surface area contributed by atoms with Crippen LogP contribution in [-0.4, -0.2) is 53.5 Å². The number of hydrogen-bond acceptors (Lipinski definition) is 4. The minimum Gasteiger partial charge on any atom is -0.494 e. The molecule has 3 aliphatic heterocycles. The number of amides is 1. The third-order valence-corrected chi connectivity index (χ3v) is 5.60. The molecule has 2 atom stereocenters. The van der Waals surface area contributed by atoms with Gasteiger partial charge in [0.1, 0.15) is 11.3 Å². The number of carbonyl (C=O) groups excluding carboxylic acids is 1.